The summed E-state index contributed by atoms with van der Waals surface area (Å²) in [5.41, 5.74) is 0. The van der Waals surface area contributed by atoms with Crippen molar-refractivity contribution in [1.29, 1.82) is 0 Å². The molecule has 0 aromatic heterocycles. The van der Waals surface area contributed by atoms with Crippen molar-refractivity contribution in [3.8, 4) is 0 Å². The number of halogens is 1. The van der Waals surface area contributed by atoms with Gasteiger partial charge in [0.25, 0.3) is 0 Å². The van der Waals surface area contributed by atoms with Gasteiger partial charge < -0.3 is 14.4 Å². The van der Waals surface area contributed by atoms with Crippen LogP contribution in [0.4, 0.5) is 4.39 Å². The highest BCUT2D eigenvalue weighted by Crippen LogP contribution is 2.26. The predicted molar refractivity (Wildman–Crippen MR) is 103 cm³/mol. The van der Waals surface area contributed by atoms with E-state index in [4.69, 9.17) is 9.47 Å². The summed E-state index contributed by atoms with van der Waals surface area (Å²) in [7, 11) is -2.46. The molecule has 10 heteroatoms. The topological polar surface area (TPSA) is 93.2 Å². The lowest BCUT2D eigenvalue weighted by Crippen LogP contribution is -2.46. The third kappa shape index (κ3) is 5.97. The zero-order valence-electron chi connectivity index (χ0n) is 16.7. The Morgan fingerprint density at radius 2 is 1.90 bits per heavy atom. The zero-order valence-corrected chi connectivity index (χ0v) is 17.5. The maximum atomic E-state index is 13.9. The summed E-state index contributed by atoms with van der Waals surface area (Å²) in [5.74, 6) is -1.96. The average Bonchev–Trinajstić information content (AvgIpc) is 2.71. The van der Waals surface area contributed by atoms with Crippen molar-refractivity contribution in [2.24, 2.45) is 5.92 Å². The van der Waals surface area contributed by atoms with E-state index in [1.54, 1.807) is 6.92 Å². The second-order valence-electron chi connectivity index (χ2n) is 6.67. The van der Waals surface area contributed by atoms with Gasteiger partial charge in [-0.1, -0.05) is 12.1 Å². The molecule has 0 spiro atoms. The smallest absolute Gasteiger partial charge is 0.325 e. The number of ether oxygens (including phenoxy) is 2. The fraction of sp³-hybridized carbons (Fsp3) is 0.579. The molecule has 0 N–H and O–H groups in total. The Morgan fingerprint density at radius 3 is 2.48 bits per heavy atom. The molecule has 1 aromatic carbocycles. The summed E-state index contributed by atoms with van der Waals surface area (Å²) in [6.45, 7) is 2.44. The van der Waals surface area contributed by atoms with Crippen molar-refractivity contribution in [2.45, 2.75) is 24.7 Å². The van der Waals surface area contributed by atoms with E-state index < -0.39 is 27.7 Å². The van der Waals surface area contributed by atoms with Crippen molar-refractivity contribution < 1.29 is 31.9 Å². The molecule has 8 nitrogen and oxygen atoms in total. The van der Waals surface area contributed by atoms with Crippen molar-refractivity contribution in [3.05, 3.63) is 30.1 Å². The lowest BCUT2D eigenvalue weighted by Gasteiger charge is -2.33. The van der Waals surface area contributed by atoms with E-state index in [0.717, 1.165) is 6.07 Å². The van der Waals surface area contributed by atoms with Crippen LogP contribution in [-0.2, 0) is 29.1 Å². The second-order valence-corrected chi connectivity index (χ2v) is 8.57. The molecule has 1 saturated heterocycles. The Kier molecular flexibility index (Phi) is 8.54. The Bertz CT molecular complexity index is 809. The number of rotatable bonds is 9. The number of esters is 1. The van der Waals surface area contributed by atoms with Crippen LogP contribution in [0.3, 0.4) is 0 Å². The fourth-order valence-corrected chi connectivity index (χ4v) is 4.76. The lowest BCUT2D eigenvalue weighted by molar-refractivity contribution is -0.151. The van der Waals surface area contributed by atoms with Gasteiger partial charge >= 0.3 is 5.97 Å². The number of benzene rings is 1. The second kappa shape index (κ2) is 10.7. The molecule has 1 heterocycles. The van der Waals surface area contributed by atoms with E-state index >= 15 is 0 Å². The summed E-state index contributed by atoms with van der Waals surface area (Å²) < 4.78 is 50.4. The van der Waals surface area contributed by atoms with Gasteiger partial charge in [0, 0.05) is 32.7 Å². The SMILES string of the molecule is CCOC(=O)CN(CCOC)C(=O)C1CCN(S(=O)(=O)c2ccccc2F)CC1. The number of piperidine rings is 1. The first-order chi connectivity index (χ1) is 13.8. The molecule has 29 heavy (non-hydrogen) atoms. The van der Waals surface area contributed by atoms with Crippen molar-refractivity contribution in [2.75, 3.05) is 46.5 Å². The predicted octanol–water partition coefficient (Wildman–Crippen LogP) is 1.26. The monoisotopic (exact) mass is 430 g/mol. The Morgan fingerprint density at radius 1 is 1.24 bits per heavy atom. The minimum Gasteiger partial charge on any atom is -0.465 e. The van der Waals surface area contributed by atoms with Gasteiger partial charge in [0.2, 0.25) is 15.9 Å². The van der Waals surface area contributed by atoms with Crippen LogP contribution in [0, 0.1) is 11.7 Å². The minimum absolute atomic E-state index is 0.102. The van der Waals surface area contributed by atoms with Gasteiger partial charge in [-0.05, 0) is 31.9 Å². The maximum absolute atomic E-state index is 13.9. The fourth-order valence-electron chi connectivity index (χ4n) is 3.23. The standard InChI is InChI=1S/C19H27FN2O6S/c1-3-28-18(23)14-21(12-13-27-2)19(24)15-8-10-22(11-9-15)29(25,26)17-7-5-4-6-16(17)20/h4-7,15H,3,8-14H2,1-2H3. The molecule has 0 unspecified atom stereocenters. The van der Waals surface area contributed by atoms with Crippen LogP contribution in [-0.4, -0.2) is 76.0 Å². The molecule has 0 radical (unpaired) electrons. The van der Waals surface area contributed by atoms with Gasteiger partial charge in [-0.25, -0.2) is 12.8 Å². The Labute approximate surface area is 170 Å². The van der Waals surface area contributed by atoms with E-state index in [0.29, 0.717) is 12.8 Å². The summed E-state index contributed by atoms with van der Waals surface area (Å²) in [6, 6.07) is 5.23. The van der Waals surface area contributed by atoms with Gasteiger partial charge in [0.15, 0.2) is 0 Å². The van der Waals surface area contributed by atoms with E-state index in [1.165, 1.54) is 34.5 Å². The molecule has 0 saturated carbocycles. The molecule has 1 amide bonds. The first-order valence-corrected chi connectivity index (χ1v) is 10.9. The molecular formula is C19H27FN2O6S. The van der Waals surface area contributed by atoms with E-state index in [9.17, 15) is 22.4 Å². The Hall–Kier alpha value is -2.04. The van der Waals surface area contributed by atoms with Crippen molar-refractivity contribution >= 4 is 21.9 Å². The summed E-state index contributed by atoms with van der Waals surface area (Å²) >= 11 is 0. The van der Waals surface area contributed by atoms with Gasteiger partial charge in [-0.3, -0.25) is 9.59 Å². The largest absolute Gasteiger partial charge is 0.465 e. The molecule has 2 rings (SSSR count). The van der Waals surface area contributed by atoms with Crippen molar-refractivity contribution in [3.63, 3.8) is 0 Å². The number of carbonyl (C=O) groups is 2. The lowest BCUT2D eigenvalue weighted by atomic mass is 9.96. The van der Waals surface area contributed by atoms with Gasteiger partial charge in [0.1, 0.15) is 17.3 Å². The average molecular weight is 430 g/mol. The molecule has 0 atom stereocenters. The quantitative estimate of drug-likeness (QED) is 0.548. The number of carbonyl (C=O) groups excluding carboxylic acids is 2. The molecule has 1 aliphatic rings. The normalized spacial score (nSPS) is 15.8. The van der Waals surface area contributed by atoms with Crippen molar-refractivity contribution in [1.82, 2.24) is 9.21 Å². The first-order valence-electron chi connectivity index (χ1n) is 9.49. The summed E-state index contributed by atoms with van der Waals surface area (Å²) in [6.07, 6.45) is 0.581. The van der Waals surface area contributed by atoms with Crippen LogP contribution in [0.1, 0.15) is 19.8 Å². The molecule has 0 aliphatic carbocycles. The first kappa shape index (κ1) is 23.2. The van der Waals surface area contributed by atoms with Crippen LogP contribution in [0.2, 0.25) is 0 Å². The van der Waals surface area contributed by atoms with Crippen LogP contribution < -0.4 is 0 Å². The van der Waals surface area contributed by atoms with Gasteiger partial charge in [0.05, 0.1) is 13.2 Å². The number of methoxy groups -OCH3 is 1. The minimum atomic E-state index is -3.96. The van der Waals surface area contributed by atoms with Crippen LogP contribution in [0.15, 0.2) is 29.2 Å². The maximum Gasteiger partial charge on any atom is 0.325 e. The number of amides is 1. The number of nitrogens with zero attached hydrogens (tertiary/aromatic N) is 2. The third-order valence-corrected chi connectivity index (χ3v) is 6.69. The molecule has 162 valence electrons. The molecular weight excluding hydrogens is 403 g/mol. The van der Waals surface area contributed by atoms with Gasteiger partial charge in [-0.15, -0.1) is 0 Å². The van der Waals surface area contributed by atoms with E-state index in [2.05, 4.69) is 0 Å². The third-order valence-electron chi connectivity index (χ3n) is 4.76. The van der Waals surface area contributed by atoms with Crippen LogP contribution >= 0.6 is 0 Å². The van der Waals surface area contributed by atoms with E-state index in [-0.39, 0.29) is 50.2 Å². The molecule has 1 fully saturated rings. The molecule has 0 bridgehead atoms. The Balaban J connectivity index is 2.03. The zero-order chi connectivity index (χ0) is 21.4. The number of hydrogen-bond acceptors (Lipinski definition) is 6. The molecule has 1 aliphatic heterocycles. The van der Waals surface area contributed by atoms with E-state index in [1.807, 2.05) is 0 Å². The number of hydrogen-bond donors (Lipinski definition) is 0. The van der Waals surface area contributed by atoms with Crippen LogP contribution in [0.5, 0.6) is 0 Å². The summed E-state index contributed by atoms with van der Waals surface area (Å²) in [5, 5.41) is 0. The van der Waals surface area contributed by atoms with Crippen LogP contribution in [0.25, 0.3) is 0 Å². The molecule has 1 aromatic rings. The highest BCUT2D eigenvalue weighted by atomic mass is 32.2. The highest BCUT2D eigenvalue weighted by Gasteiger charge is 2.35. The number of sulfonamides is 1. The highest BCUT2D eigenvalue weighted by molar-refractivity contribution is 7.89. The summed E-state index contributed by atoms with van der Waals surface area (Å²) in [4.78, 5) is 25.7. The van der Waals surface area contributed by atoms with Gasteiger partial charge in [-0.2, -0.15) is 4.31 Å².